The Labute approximate surface area is 103 Å². The van der Waals surface area contributed by atoms with Crippen molar-refractivity contribution < 1.29 is 14.2 Å². The number of methoxy groups -OCH3 is 1. The number of para-hydroxylation sites is 1. The Bertz CT molecular complexity index is 373. The molecule has 0 bridgehead atoms. The maximum atomic E-state index is 5.85. The smallest absolute Gasteiger partial charge is 0.122 e. The first-order valence-corrected chi connectivity index (χ1v) is 5.98. The van der Waals surface area contributed by atoms with Crippen molar-refractivity contribution in [3.8, 4) is 5.75 Å². The average Bonchev–Trinajstić information content (AvgIpc) is 2.36. The zero-order valence-corrected chi connectivity index (χ0v) is 10.7. The average molecular weight is 236 g/mol. The molecule has 1 atom stereocenters. The summed E-state index contributed by atoms with van der Waals surface area (Å²) < 4.78 is 16.8. The largest absolute Gasteiger partial charge is 0.491 e. The molecule has 0 saturated heterocycles. The van der Waals surface area contributed by atoms with Crippen molar-refractivity contribution in [1.29, 1.82) is 0 Å². The summed E-state index contributed by atoms with van der Waals surface area (Å²) in [6.45, 7) is 5.24. The van der Waals surface area contributed by atoms with Gasteiger partial charge in [-0.25, -0.2) is 0 Å². The van der Waals surface area contributed by atoms with Crippen LogP contribution in [0, 0.1) is 0 Å². The van der Waals surface area contributed by atoms with Crippen LogP contribution in [0.15, 0.2) is 24.3 Å². The van der Waals surface area contributed by atoms with Crippen molar-refractivity contribution in [3.05, 3.63) is 29.8 Å². The lowest BCUT2D eigenvalue weighted by molar-refractivity contribution is -0.0859. The van der Waals surface area contributed by atoms with Crippen molar-refractivity contribution >= 4 is 0 Å². The predicted molar refractivity (Wildman–Crippen MR) is 66.5 cm³/mol. The third-order valence-electron chi connectivity index (χ3n) is 3.06. The molecule has 1 aliphatic rings. The highest BCUT2D eigenvalue weighted by Gasteiger charge is 2.24. The van der Waals surface area contributed by atoms with Crippen LogP contribution >= 0.6 is 0 Å². The summed E-state index contributed by atoms with van der Waals surface area (Å²) in [6.07, 6.45) is 1.04. The van der Waals surface area contributed by atoms with Gasteiger partial charge in [-0.1, -0.05) is 18.2 Å². The number of ether oxygens (including phenoxy) is 3. The molecule has 0 unspecified atom stereocenters. The molecular weight excluding hydrogens is 216 g/mol. The van der Waals surface area contributed by atoms with E-state index in [4.69, 9.17) is 14.2 Å². The van der Waals surface area contributed by atoms with Gasteiger partial charge in [0.25, 0.3) is 0 Å². The van der Waals surface area contributed by atoms with Gasteiger partial charge in [-0.3, -0.25) is 0 Å². The summed E-state index contributed by atoms with van der Waals surface area (Å²) in [5.41, 5.74) is 0.982. The second-order valence-corrected chi connectivity index (χ2v) is 5.02. The van der Waals surface area contributed by atoms with E-state index in [2.05, 4.69) is 6.07 Å². The fraction of sp³-hybridized carbons (Fsp3) is 0.571. The molecule has 0 radical (unpaired) electrons. The molecule has 3 nitrogen and oxygen atoms in total. The Morgan fingerprint density at radius 1 is 1.35 bits per heavy atom. The second-order valence-electron chi connectivity index (χ2n) is 5.02. The van der Waals surface area contributed by atoms with E-state index in [0.717, 1.165) is 12.2 Å². The highest BCUT2D eigenvalue weighted by atomic mass is 16.6. The van der Waals surface area contributed by atoms with Crippen LogP contribution in [0.25, 0.3) is 0 Å². The van der Waals surface area contributed by atoms with Gasteiger partial charge in [0.2, 0.25) is 0 Å². The molecule has 2 rings (SSSR count). The molecule has 0 amide bonds. The zero-order valence-electron chi connectivity index (χ0n) is 10.7. The standard InChI is InChI=1S/C14H20O3/c1-14(2,15-3)10-17-12-8-11-6-4-5-7-13(11)16-9-12/h4-7,12H,8-10H2,1-3H3/t12-/m1/s1. The Morgan fingerprint density at radius 2 is 2.12 bits per heavy atom. The van der Waals surface area contributed by atoms with Gasteiger partial charge in [0.1, 0.15) is 12.4 Å². The van der Waals surface area contributed by atoms with Gasteiger partial charge in [0.05, 0.1) is 18.3 Å². The topological polar surface area (TPSA) is 27.7 Å². The molecule has 94 valence electrons. The summed E-state index contributed by atoms with van der Waals surface area (Å²) in [5, 5.41) is 0. The van der Waals surface area contributed by atoms with E-state index in [0.29, 0.717) is 13.2 Å². The molecule has 1 aliphatic heterocycles. The fourth-order valence-corrected chi connectivity index (χ4v) is 1.78. The van der Waals surface area contributed by atoms with Gasteiger partial charge in [0.15, 0.2) is 0 Å². The number of hydrogen-bond acceptors (Lipinski definition) is 3. The molecule has 1 heterocycles. The van der Waals surface area contributed by atoms with Crippen molar-refractivity contribution in [2.75, 3.05) is 20.3 Å². The van der Waals surface area contributed by atoms with Crippen LogP contribution in [0.1, 0.15) is 19.4 Å². The van der Waals surface area contributed by atoms with E-state index in [1.807, 2.05) is 32.0 Å². The van der Waals surface area contributed by atoms with E-state index in [1.165, 1.54) is 5.56 Å². The Morgan fingerprint density at radius 3 is 2.88 bits per heavy atom. The van der Waals surface area contributed by atoms with Crippen LogP contribution in [0.3, 0.4) is 0 Å². The number of hydrogen-bond donors (Lipinski definition) is 0. The molecule has 3 heteroatoms. The quantitative estimate of drug-likeness (QED) is 0.803. The lowest BCUT2D eigenvalue weighted by Gasteiger charge is -2.29. The second kappa shape index (κ2) is 5.07. The lowest BCUT2D eigenvalue weighted by atomic mass is 10.0. The normalized spacial score (nSPS) is 19.6. The van der Waals surface area contributed by atoms with Crippen LogP contribution < -0.4 is 4.74 Å². The predicted octanol–water partition coefficient (Wildman–Crippen LogP) is 2.43. The minimum Gasteiger partial charge on any atom is -0.491 e. The highest BCUT2D eigenvalue weighted by molar-refractivity contribution is 5.35. The van der Waals surface area contributed by atoms with E-state index in [9.17, 15) is 0 Å². The van der Waals surface area contributed by atoms with Crippen LogP contribution in [-0.4, -0.2) is 32.0 Å². The first-order valence-electron chi connectivity index (χ1n) is 5.98. The van der Waals surface area contributed by atoms with Gasteiger partial charge in [0, 0.05) is 13.5 Å². The lowest BCUT2D eigenvalue weighted by Crippen LogP contribution is -2.36. The molecular formula is C14H20O3. The van der Waals surface area contributed by atoms with Crippen LogP contribution in [0.2, 0.25) is 0 Å². The number of rotatable bonds is 4. The molecule has 0 aromatic heterocycles. The minimum atomic E-state index is -0.239. The molecule has 0 spiro atoms. The molecule has 1 aromatic carbocycles. The number of fused-ring (bicyclic) bond motifs is 1. The van der Waals surface area contributed by atoms with Gasteiger partial charge in [-0.15, -0.1) is 0 Å². The zero-order chi connectivity index (χ0) is 12.3. The summed E-state index contributed by atoms with van der Waals surface area (Å²) in [5.74, 6) is 0.985. The third kappa shape index (κ3) is 3.20. The summed E-state index contributed by atoms with van der Waals surface area (Å²) in [7, 11) is 1.70. The van der Waals surface area contributed by atoms with Crippen molar-refractivity contribution in [1.82, 2.24) is 0 Å². The summed E-state index contributed by atoms with van der Waals surface area (Å²) >= 11 is 0. The SMILES string of the molecule is COC(C)(C)CO[C@H]1COc2ccccc2C1. The van der Waals surface area contributed by atoms with E-state index in [-0.39, 0.29) is 11.7 Å². The minimum absolute atomic E-state index is 0.124. The van der Waals surface area contributed by atoms with Gasteiger partial charge >= 0.3 is 0 Å². The first-order chi connectivity index (χ1) is 8.11. The van der Waals surface area contributed by atoms with Crippen molar-refractivity contribution in [3.63, 3.8) is 0 Å². The Hall–Kier alpha value is -1.06. The third-order valence-corrected chi connectivity index (χ3v) is 3.06. The summed E-state index contributed by atoms with van der Waals surface area (Å²) in [4.78, 5) is 0. The molecule has 0 aliphatic carbocycles. The van der Waals surface area contributed by atoms with E-state index >= 15 is 0 Å². The van der Waals surface area contributed by atoms with E-state index < -0.39 is 0 Å². The van der Waals surface area contributed by atoms with Gasteiger partial charge in [-0.2, -0.15) is 0 Å². The van der Waals surface area contributed by atoms with Crippen LogP contribution in [0.5, 0.6) is 5.75 Å². The monoisotopic (exact) mass is 236 g/mol. The van der Waals surface area contributed by atoms with Crippen molar-refractivity contribution in [2.24, 2.45) is 0 Å². The van der Waals surface area contributed by atoms with Crippen LogP contribution in [0.4, 0.5) is 0 Å². The molecule has 1 aromatic rings. The fourth-order valence-electron chi connectivity index (χ4n) is 1.78. The molecule has 0 fully saturated rings. The maximum absolute atomic E-state index is 5.85. The molecule has 17 heavy (non-hydrogen) atoms. The summed E-state index contributed by atoms with van der Waals surface area (Å²) in [6, 6.07) is 8.12. The molecule has 0 N–H and O–H groups in total. The van der Waals surface area contributed by atoms with Crippen LogP contribution in [-0.2, 0) is 15.9 Å². The number of benzene rings is 1. The Balaban J connectivity index is 1.90. The first kappa shape index (κ1) is 12.4. The highest BCUT2D eigenvalue weighted by Crippen LogP contribution is 2.25. The maximum Gasteiger partial charge on any atom is 0.122 e. The molecule has 0 saturated carbocycles. The van der Waals surface area contributed by atoms with Crippen molar-refractivity contribution in [2.45, 2.75) is 32.0 Å². The van der Waals surface area contributed by atoms with Gasteiger partial charge < -0.3 is 14.2 Å². The van der Waals surface area contributed by atoms with Gasteiger partial charge in [-0.05, 0) is 25.5 Å². The van der Waals surface area contributed by atoms with E-state index in [1.54, 1.807) is 7.11 Å². The Kier molecular flexibility index (Phi) is 3.69.